The van der Waals surface area contributed by atoms with Gasteiger partial charge in [-0.15, -0.1) is 0 Å². The Morgan fingerprint density at radius 3 is 2.42 bits per heavy atom. The number of hydrogen-bond acceptors (Lipinski definition) is 1. The van der Waals surface area contributed by atoms with Gasteiger partial charge in [0.05, 0.1) is 5.60 Å². The van der Waals surface area contributed by atoms with Crippen molar-refractivity contribution >= 4 is 11.6 Å². The van der Waals surface area contributed by atoms with Gasteiger partial charge >= 0.3 is 0 Å². The second-order valence-corrected chi connectivity index (χ2v) is 3.62. The number of hydrogen-bond donors (Lipinski definition) is 1. The van der Waals surface area contributed by atoms with Gasteiger partial charge in [0.15, 0.2) is 0 Å². The molecule has 0 saturated heterocycles. The molecule has 0 aromatic heterocycles. The van der Waals surface area contributed by atoms with Crippen LogP contribution in [0.4, 0.5) is 4.39 Å². The summed E-state index contributed by atoms with van der Waals surface area (Å²) >= 11 is 5.65. The Bertz CT molecular complexity index is 291. The van der Waals surface area contributed by atoms with Gasteiger partial charge in [0.1, 0.15) is 5.82 Å². The zero-order valence-electron chi connectivity index (χ0n) is 6.94. The smallest absolute Gasteiger partial charge is 0.129 e. The molecule has 0 saturated carbocycles. The maximum absolute atomic E-state index is 13.0. The molecular formula is C9H10ClFO. The minimum absolute atomic E-state index is 0.218. The summed E-state index contributed by atoms with van der Waals surface area (Å²) in [7, 11) is 0. The first-order valence-corrected chi connectivity index (χ1v) is 3.97. The van der Waals surface area contributed by atoms with E-state index in [2.05, 4.69) is 0 Å². The summed E-state index contributed by atoms with van der Waals surface area (Å²) < 4.78 is 13.0. The lowest BCUT2D eigenvalue weighted by molar-refractivity contribution is 0.0745. The van der Waals surface area contributed by atoms with E-state index < -0.39 is 11.4 Å². The molecule has 66 valence electrons. The van der Waals surface area contributed by atoms with Crippen molar-refractivity contribution in [2.24, 2.45) is 0 Å². The minimum atomic E-state index is -1.19. The molecule has 0 aliphatic rings. The van der Waals surface area contributed by atoms with Gasteiger partial charge in [-0.3, -0.25) is 0 Å². The molecule has 1 N–H and O–H groups in total. The lowest BCUT2D eigenvalue weighted by Gasteiger charge is -2.18. The Morgan fingerprint density at radius 1 is 1.42 bits per heavy atom. The van der Waals surface area contributed by atoms with Gasteiger partial charge in [-0.1, -0.05) is 11.6 Å². The largest absolute Gasteiger partial charge is 0.386 e. The van der Waals surface area contributed by atoms with Crippen LogP contribution in [0.1, 0.15) is 19.4 Å². The van der Waals surface area contributed by atoms with E-state index in [0.717, 1.165) is 0 Å². The predicted molar refractivity (Wildman–Crippen MR) is 46.7 cm³/mol. The molecular weight excluding hydrogens is 179 g/mol. The lowest BCUT2D eigenvalue weighted by Crippen LogP contribution is -2.17. The van der Waals surface area contributed by atoms with E-state index in [1.807, 2.05) is 0 Å². The Kier molecular flexibility index (Phi) is 2.40. The molecule has 0 aliphatic carbocycles. The van der Waals surface area contributed by atoms with Crippen molar-refractivity contribution in [1.29, 1.82) is 0 Å². The van der Waals surface area contributed by atoms with Crippen molar-refractivity contribution in [2.75, 3.05) is 0 Å². The Labute approximate surface area is 75.8 Å². The van der Waals surface area contributed by atoms with Gasteiger partial charge in [0, 0.05) is 10.6 Å². The topological polar surface area (TPSA) is 20.2 Å². The highest BCUT2D eigenvalue weighted by atomic mass is 35.5. The summed E-state index contributed by atoms with van der Waals surface area (Å²) in [4.78, 5) is 0. The number of aliphatic hydroxyl groups is 1. The highest BCUT2D eigenvalue weighted by Gasteiger charge is 2.20. The second-order valence-electron chi connectivity index (χ2n) is 3.18. The van der Waals surface area contributed by atoms with E-state index in [1.54, 1.807) is 0 Å². The van der Waals surface area contributed by atoms with Crippen LogP contribution in [-0.2, 0) is 5.60 Å². The molecule has 12 heavy (non-hydrogen) atoms. The van der Waals surface area contributed by atoms with Gasteiger partial charge in [0.2, 0.25) is 0 Å². The summed E-state index contributed by atoms with van der Waals surface area (Å²) in [5.74, 6) is -0.438. The van der Waals surface area contributed by atoms with Gasteiger partial charge in [0.25, 0.3) is 0 Å². The van der Waals surface area contributed by atoms with E-state index in [1.165, 1.54) is 32.0 Å². The monoisotopic (exact) mass is 188 g/mol. The fraction of sp³-hybridized carbons (Fsp3) is 0.333. The highest BCUT2D eigenvalue weighted by Crippen LogP contribution is 2.25. The molecule has 0 bridgehead atoms. The molecule has 1 aromatic carbocycles. The maximum atomic E-state index is 13.0. The molecule has 1 aromatic rings. The van der Waals surface area contributed by atoms with Crippen LogP contribution < -0.4 is 0 Å². The van der Waals surface area contributed by atoms with Gasteiger partial charge in [-0.2, -0.15) is 0 Å². The van der Waals surface area contributed by atoms with Gasteiger partial charge in [-0.05, 0) is 32.0 Å². The summed E-state index contributed by atoms with van der Waals surface area (Å²) in [5, 5.41) is 9.92. The van der Waals surface area contributed by atoms with Crippen LogP contribution in [0, 0.1) is 5.82 Å². The second kappa shape index (κ2) is 3.04. The molecule has 0 heterocycles. The van der Waals surface area contributed by atoms with E-state index in [0.29, 0.717) is 5.02 Å². The van der Waals surface area contributed by atoms with Crippen LogP contribution in [0.3, 0.4) is 0 Å². The Hall–Kier alpha value is -0.600. The van der Waals surface area contributed by atoms with Crippen LogP contribution in [0.2, 0.25) is 5.02 Å². The zero-order valence-corrected chi connectivity index (χ0v) is 7.69. The normalized spacial score (nSPS) is 11.8. The average molecular weight is 189 g/mol. The summed E-state index contributed by atoms with van der Waals surface area (Å²) in [6, 6.07) is 4.12. The van der Waals surface area contributed by atoms with Gasteiger partial charge < -0.3 is 5.11 Å². The summed E-state index contributed by atoms with van der Waals surface area (Å²) in [6.45, 7) is 3.03. The lowest BCUT2D eigenvalue weighted by atomic mass is 9.98. The highest BCUT2D eigenvalue weighted by molar-refractivity contribution is 6.30. The number of halogens is 2. The van der Waals surface area contributed by atoms with Crippen molar-refractivity contribution in [3.8, 4) is 0 Å². The van der Waals surface area contributed by atoms with Gasteiger partial charge in [-0.25, -0.2) is 4.39 Å². The molecule has 0 radical (unpaired) electrons. The molecule has 0 atom stereocenters. The van der Waals surface area contributed by atoms with Crippen molar-refractivity contribution in [1.82, 2.24) is 0 Å². The molecule has 0 amide bonds. The van der Waals surface area contributed by atoms with Crippen molar-refractivity contribution in [3.63, 3.8) is 0 Å². The quantitative estimate of drug-likeness (QED) is 0.719. The van der Waals surface area contributed by atoms with Crippen molar-refractivity contribution < 1.29 is 9.50 Å². The Balaban J connectivity index is 3.23. The molecule has 1 nitrogen and oxygen atoms in total. The number of rotatable bonds is 1. The maximum Gasteiger partial charge on any atom is 0.129 e. The molecule has 0 aliphatic heterocycles. The minimum Gasteiger partial charge on any atom is -0.386 e. The third kappa shape index (κ3) is 1.96. The van der Waals surface area contributed by atoms with E-state index in [-0.39, 0.29) is 5.56 Å². The Morgan fingerprint density at radius 2 is 2.00 bits per heavy atom. The molecule has 1 rings (SSSR count). The van der Waals surface area contributed by atoms with E-state index in [9.17, 15) is 9.50 Å². The molecule has 0 fully saturated rings. The van der Waals surface area contributed by atoms with E-state index in [4.69, 9.17) is 11.6 Å². The van der Waals surface area contributed by atoms with Crippen LogP contribution in [0.5, 0.6) is 0 Å². The first kappa shape index (κ1) is 9.49. The van der Waals surface area contributed by atoms with Crippen molar-refractivity contribution in [2.45, 2.75) is 19.4 Å². The summed E-state index contributed by atoms with van der Waals surface area (Å²) in [6.07, 6.45) is 0. The zero-order chi connectivity index (χ0) is 9.35. The van der Waals surface area contributed by atoms with Crippen LogP contribution in [0.15, 0.2) is 18.2 Å². The van der Waals surface area contributed by atoms with E-state index >= 15 is 0 Å². The number of benzene rings is 1. The average Bonchev–Trinajstić information content (AvgIpc) is 1.92. The van der Waals surface area contributed by atoms with Crippen molar-refractivity contribution in [3.05, 3.63) is 34.6 Å². The first-order chi connectivity index (χ1) is 5.41. The fourth-order valence-corrected chi connectivity index (χ4v) is 1.14. The third-order valence-electron chi connectivity index (χ3n) is 1.59. The molecule has 3 heteroatoms. The standard InChI is InChI=1S/C9H10ClFO/c1-9(2,12)7-5-6(10)3-4-8(7)11/h3-5,12H,1-2H3. The fourth-order valence-electron chi connectivity index (χ4n) is 0.966. The summed E-state index contributed by atoms with van der Waals surface area (Å²) in [5.41, 5.74) is -0.968. The predicted octanol–water partition coefficient (Wildman–Crippen LogP) is 2.71. The third-order valence-corrected chi connectivity index (χ3v) is 1.82. The van der Waals surface area contributed by atoms with Crippen LogP contribution >= 0.6 is 11.6 Å². The SMILES string of the molecule is CC(C)(O)c1cc(Cl)ccc1F. The first-order valence-electron chi connectivity index (χ1n) is 3.59. The molecule has 0 unspecified atom stereocenters. The van der Waals surface area contributed by atoms with Crippen LogP contribution in [0.25, 0.3) is 0 Å². The molecule has 0 spiro atoms. The van der Waals surface area contributed by atoms with Crippen LogP contribution in [-0.4, -0.2) is 5.11 Å².